The lowest BCUT2D eigenvalue weighted by atomic mass is 9.86. The first-order chi connectivity index (χ1) is 15.9. The van der Waals surface area contributed by atoms with Crippen molar-refractivity contribution in [3.63, 3.8) is 0 Å². The van der Waals surface area contributed by atoms with E-state index in [0.29, 0.717) is 22.2 Å². The first kappa shape index (κ1) is 23.1. The molecule has 0 aromatic heterocycles. The van der Waals surface area contributed by atoms with Crippen LogP contribution in [-0.4, -0.2) is 41.4 Å². The first-order valence-electron chi connectivity index (χ1n) is 11.1. The zero-order valence-corrected chi connectivity index (χ0v) is 20.4. The highest BCUT2D eigenvalue weighted by atomic mass is 32.2. The van der Waals surface area contributed by atoms with Gasteiger partial charge in [0.1, 0.15) is 5.75 Å². The summed E-state index contributed by atoms with van der Waals surface area (Å²) in [5.41, 5.74) is 4.57. The van der Waals surface area contributed by atoms with E-state index in [9.17, 15) is 9.59 Å². The minimum absolute atomic E-state index is 0.0704. The molecule has 7 heteroatoms. The van der Waals surface area contributed by atoms with Gasteiger partial charge in [-0.3, -0.25) is 9.69 Å². The second kappa shape index (κ2) is 9.43. The van der Waals surface area contributed by atoms with E-state index in [4.69, 9.17) is 14.5 Å². The van der Waals surface area contributed by atoms with Crippen LogP contribution in [0.2, 0.25) is 0 Å². The average molecular weight is 465 g/mol. The summed E-state index contributed by atoms with van der Waals surface area (Å²) in [5, 5.41) is 0.609. The number of hydrogen-bond donors (Lipinski definition) is 0. The molecule has 33 heavy (non-hydrogen) atoms. The summed E-state index contributed by atoms with van der Waals surface area (Å²) in [4.78, 5) is 32.9. The SMILES string of the molecule is CCOC(=O)C1=C(c2ccccc2)N=C2SCC(=O)N2C1c1cc(C(C)C)c(OC)cc1C. The van der Waals surface area contributed by atoms with Crippen molar-refractivity contribution in [2.24, 2.45) is 4.99 Å². The molecule has 2 aliphatic heterocycles. The molecular weight excluding hydrogens is 436 g/mol. The van der Waals surface area contributed by atoms with Gasteiger partial charge in [0.15, 0.2) is 5.17 Å². The average Bonchev–Trinajstić information content (AvgIpc) is 3.18. The number of fused-ring (bicyclic) bond motifs is 1. The number of nitrogens with zero attached hydrogens (tertiary/aromatic N) is 2. The van der Waals surface area contributed by atoms with Crippen molar-refractivity contribution < 1.29 is 19.1 Å². The monoisotopic (exact) mass is 464 g/mol. The molecule has 2 aliphatic rings. The summed E-state index contributed by atoms with van der Waals surface area (Å²) < 4.78 is 11.1. The Labute approximate surface area is 198 Å². The first-order valence-corrected chi connectivity index (χ1v) is 12.0. The number of amides is 1. The van der Waals surface area contributed by atoms with Gasteiger partial charge in [0.25, 0.3) is 0 Å². The smallest absolute Gasteiger partial charge is 0.338 e. The summed E-state index contributed by atoms with van der Waals surface area (Å²) in [6.07, 6.45) is 0. The lowest BCUT2D eigenvalue weighted by Gasteiger charge is -2.35. The van der Waals surface area contributed by atoms with Gasteiger partial charge in [-0.05, 0) is 48.6 Å². The molecule has 1 atom stereocenters. The fraction of sp³-hybridized carbons (Fsp3) is 0.346. The molecule has 172 valence electrons. The Hall–Kier alpha value is -3.06. The van der Waals surface area contributed by atoms with Gasteiger partial charge in [-0.1, -0.05) is 55.9 Å². The molecular formula is C26H28N2O4S. The summed E-state index contributed by atoms with van der Waals surface area (Å²) >= 11 is 1.40. The zero-order valence-electron chi connectivity index (χ0n) is 19.5. The van der Waals surface area contributed by atoms with Gasteiger partial charge in [0.05, 0.1) is 36.8 Å². The highest BCUT2D eigenvalue weighted by Crippen LogP contribution is 2.46. The van der Waals surface area contributed by atoms with Crippen LogP contribution >= 0.6 is 11.8 Å². The van der Waals surface area contributed by atoms with E-state index in [1.54, 1.807) is 18.9 Å². The Bertz CT molecular complexity index is 1150. The van der Waals surface area contributed by atoms with Crippen molar-refractivity contribution in [3.05, 3.63) is 70.3 Å². The molecule has 6 nitrogen and oxygen atoms in total. The molecule has 0 spiro atoms. The van der Waals surface area contributed by atoms with Crippen LogP contribution in [0.1, 0.15) is 55.0 Å². The number of thioether (sulfide) groups is 1. The van der Waals surface area contributed by atoms with E-state index in [2.05, 4.69) is 19.9 Å². The van der Waals surface area contributed by atoms with Gasteiger partial charge in [-0.2, -0.15) is 0 Å². The molecule has 2 aromatic rings. The lowest BCUT2D eigenvalue weighted by molar-refractivity contribution is -0.139. The molecule has 1 saturated heterocycles. The molecule has 2 aromatic carbocycles. The van der Waals surface area contributed by atoms with Crippen molar-refractivity contribution >= 4 is 34.5 Å². The van der Waals surface area contributed by atoms with E-state index in [1.165, 1.54) is 11.8 Å². The predicted octanol–water partition coefficient (Wildman–Crippen LogP) is 5.09. The number of carbonyl (C=O) groups is 2. The second-order valence-corrected chi connectivity index (χ2v) is 9.25. The summed E-state index contributed by atoms with van der Waals surface area (Å²) in [6, 6.07) is 13.0. The Kier molecular flexibility index (Phi) is 6.61. The van der Waals surface area contributed by atoms with Crippen molar-refractivity contribution in [2.45, 2.75) is 39.7 Å². The topological polar surface area (TPSA) is 68.2 Å². The third kappa shape index (κ3) is 4.17. The molecule has 1 amide bonds. The third-order valence-electron chi connectivity index (χ3n) is 5.87. The number of esters is 1. The molecule has 4 rings (SSSR count). The number of aryl methyl sites for hydroxylation is 1. The van der Waals surface area contributed by atoms with Crippen LogP contribution in [0, 0.1) is 6.92 Å². The van der Waals surface area contributed by atoms with Gasteiger partial charge >= 0.3 is 5.97 Å². The number of rotatable bonds is 6. The predicted molar refractivity (Wildman–Crippen MR) is 131 cm³/mol. The number of ether oxygens (including phenoxy) is 2. The lowest BCUT2D eigenvalue weighted by Crippen LogP contribution is -2.40. The van der Waals surface area contributed by atoms with Gasteiger partial charge in [0, 0.05) is 5.56 Å². The maximum absolute atomic E-state index is 13.4. The van der Waals surface area contributed by atoms with Crippen LogP contribution in [0.15, 0.2) is 53.0 Å². The fourth-order valence-electron chi connectivity index (χ4n) is 4.29. The standard InChI is InChI=1S/C26H28N2O4S/c1-6-32-25(30)22-23(17-10-8-7-9-11-17)27-26-28(21(29)14-33-26)24(22)19-13-18(15(2)3)20(31-5)12-16(19)4/h7-13,15,24H,6,14H2,1-5H3. The normalized spacial score (nSPS) is 17.9. The molecule has 0 bridgehead atoms. The Balaban J connectivity index is 2.02. The fourth-order valence-corrected chi connectivity index (χ4v) is 5.19. The van der Waals surface area contributed by atoms with E-state index in [0.717, 1.165) is 28.0 Å². The van der Waals surface area contributed by atoms with Crippen LogP contribution in [0.4, 0.5) is 0 Å². The number of carbonyl (C=O) groups excluding carboxylic acids is 2. The molecule has 0 N–H and O–H groups in total. The number of benzene rings is 2. The second-order valence-electron chi connectivity index (χ2n) is 8.30. The number of aliphatic imine (C=N–C) groups is 1. The van der Waals surface area contributed by atoms with Gasteiger partial charge in [0.2, 0.25) is 5.91 Å². The molecule has 0 radical (unpaired) electrons. The largest absolute Gasteiger partial charge is 0.496 e. The quantitative estimate of drug-likeness (QED) is 0.557. The summed E-state index contributed by atoms with van der Waals surface area (Å²) in [5.74, 6) is 0.750. The van der Waals surface area contributed by atoms with Crippen molar-refractivity contribution in [1.82, 2.24) is 4.90 Å². The molecule has 0 aliphatic carbocycles. The Morgan fingerprint density at radius 1 is 1.24 bits per heavy atom. The van der Waals surface area contributed by atoms with E-state index in [1.807, 2.05) is 43.3 Å². The van der Waals surface area contributed by atoms with E-state index < -0.39 is 12.0 Å². The van der Waals surface area contributed by atoms with Crippen LogP contribution in [0.5, 0.6) is 5.75 Å². The van der Waals surface area contributed by atoms with E-state index >= 15 is 0 Å². The Morgan fingerprint density at radius 2 is 1.97 bits per heavy atom. The number of hydrogen-bond acceptors (Lipinski definition) is 6. The van der Waals surface area contributed by atoms with Crippen molar-refractivity contribution in [3.8, 4) is 5.75 Å². The molecule has 1 unspecified atom stereocenters. The summed E-state index contributed by atoms with van der Waals surface area (Å²) in [6.45, 7) is 8.18. The van der Waals surface area contributed by atoms with Crippen LogP contribution in [0.3, 0.4) is 0 Å². The molecule has 2 heterocycles. The minimum atomic E-state index is -0.627. The molecule has 0 saturated carbocycles. The maximum atomic E-state index is 13.4. The van der Waals surface area contributed by atoms with Crippen molar-refractivity contribution in [1.29, 1.82) is 0 Å². The van der Waals surface area contributed by atoms with Gasteiger partial charge in [-0.15, -0.1) is 0 Å². The van der Waals surface area contributed by atoms with Gasteiger partial charge < -0.3 is 9.47 Å². The van der Waals surface area contributed by atoms with Crippen LogP contribution in [0.25, 0.3) is 5.70 Å². The van der Waals surface area contributed by atoms with Crippen molar-refractivity contribution in [2.75, 3.05) is 19.5 Å². The highest BCUT2D eigenvalue weighted by molar-refractivity contribution is 8.15. The third-order valence-corrected chi connectivity index (χ3v) is 6.81. The van der Waals surface area contributed by atoms with Gasteiger partial charge in [-0.25, -0.2) is 9.79 Å². The maximum Gasteiger partial charge on any atom is 0.338 e. The number of methoxy groups -OCH3 is 1. The minimum Gasteiger partial charge on any atom is -0.496 e. The zero-order chi connectivity index (χ0) is 23.7. The van der Waals surface area contributed by atoms with E-state index in [-0.39, 0.29) is 18.4 Å². The Morgan fingerprint density at radius 3 is 2.61 bits per heavy atom. The van der Waals surface area contributed by atoms with Crippen LogP contribution < -0.4 is 4.74 Å². The van der Waals surface area contributed by atoms with Crippen LogP contribution in [-0.2, 0) is 14.3 Å². The summed E-state index contributed by atoms with van der Waals surface area (Å²) in [7, 11) is 1.66. The molecule has 1 fully saturated rings. The highest BCUT2D eigenvalue weighted by Gasteiger charge is 2.45. The number of amidine groups is 1.